The van der Waals surface area contributed by atoms with Gasteiger partial charge in [-0.1, -0.05) is 20.8 Å². The van der Waals surface area contributed by atoms with Gasteiger partial charge in [0.2, 0.25) is 5.91 Å². The van der Waals surface area contributed by atoms with Gasteiger partial charge in [-0.05, 0) is 38.5 Å². The van der Waals surface area contributed by atoms with Crippen LogP contribution >= 0.6 is 0 Å². The molecule has 1 aliphatic rings. The summed E-state index contributed by atoms with van der Waals surface area (Å²) in [5.41, 5.74) is 0.0592. The van der Waals surface area contributed by atoms with Crippen molar-refractivity contribution in [1.29, 1.82) is 0 Å². The van der Waals surface area contributed by atoms with Crippen molar-refractivity contribution in [1.82, 2.24) is 4.90 Å². The summed E-state index contributed by atoms with van der Waals surface area (Å²) in [4.78, 5) is 14.1. The lowest BCUT2D eigenvalue weighted by atomic mass is 9.83. The van der Waals surface area contributed by atoms with Crippen LogP contribution in [0.15, 0.2) is 0 Å². The molecule has 1 heterocycles. The van der Waals surface area contributed by atoms with E-state index in [1.165, 1.54) is 0 Å². The van der Waals surface area contributed by atoms with Crippen LogP contribution < -0.4 is 0 Å². The molecule has 2 nitrogen and oxygen atoms in total. The summed E-state index contributed by atoms with van der Waals surface area (Å²) < 4.78 is 0. The molecule has 0 aromatic carbocycles. The molecule has 1 amide bonds. The first-order valence-electron chi connectivity index (χ1n) is 6.13. The standard InChI is InChI=1S/C13H25NO/c1-10(2)8-12(15)14-7-6-11(3)9-13(14,4)5/h10-11H,6-9H2,1-5H3. The molecule has 0 aliphatic carbocycles. The molecule has 1 aliphatic heterocycles. The third-order valence-electron chi connectivity index (χ3n) is 3.31. The van der Waals surface area contributed by atoms with Crippen molar-refractivity contribution in [3.8, 4) is 0 Å². The van der Waals surface area contributed by atoms with E-state index in [9.17, 15) is 4.79 Å². The molecule has 0 bridgehead atoms. The van der Waals surface area contributed by atoms with E-state index in [2.05, 4.69) is 39.5 Å². The van der Waals surface area contributed by atoms with Crippen LogP contribution in [0.25, 0.3) is 0 Å². The molecule has 0 N–H and O–H groups in total. The fourth-order valence-electron chi connectivity index (χ4n) is 2.64. The van der Waals surface area contributed by atoms with Gasteiger partial charge in [0.1, 0.15) is 0 Å². The molecule has 1 fully saturated rings. The fraction of sp³-hybridized carbons (Fsp3) is 0.923. The van der Waals surface area contributed by atoms with E-state index in [0.717, 1.165) is 25.3 Å². The quantitative estimate of drug-likeness (QED) is 0.687. The molecule has 0 spiro atoms. The summed E-state index contributed by atoms with van der Waals surface area (Å²) in [6.45, 7) is 11.8. The fourth-order valence-corrected chi connectivity index (χ4v) is 2.64. The van der Waals surface area contributed by atoms with E-state index in [1.807, 2.05) is 0 Å². The normalized spacial score (nSPS) is 25.7. The van der Waals surface area contributed by atoms with Gasteiger partial charge in [0.05, 0.1) is 0 Å². The van der Waals surface area contributed by atoms with Gasteiger partial charge >= 0.3 is 0 Å². The topological polar surface area (TPSA) is 20.3 Å². The summed E-state index contributed by atoms with van der Waals surface area (Å²) in [6.07, 6.45) is 2.99. The second-order valence-corrected chi connectivity index (χ2v) is 6.05. The van der Waals surface area contributed by atoms with Gasteiger partial charge in [0, 0.05) is 18.5 Å². The lowest BCUT2D eigenvalue weighted by Crippen LogP contribution is -2.52. The summed E-state index contributed by atoms with van der Waals surface area (Å²) in [5, 5.41) is 0. The minimum Gasteiger partial charge on any atom is -0.338 e. The minimum atomic E-state index is 0.0592. The van der Waals surface area contributed by atoms with E-state index < -0.39 is 0 Å². The molecular formula is C13H25NO. The Labute approximate surface area is 94.0 Å². The van der Waals surface area contributed by atoms with Crippen LogP contribution in [0.4, 0.5) is 0 Å². The van der Waals surface area contributed by atoms with E-state index >= 15 is 0 Å². The SMILES string of the molecule is CC(C)CC(=O)N1CCC(C)CC1(C)C. The molecule has 1 atom stereocenters. The zero-order chi connectivity index (χ0) is 11.6. The minimum absolute atomic E-state index is 0.0592. The number of hydrogen-bond donors (Lipinski definition) is 0. The average Bonchev–Trinajstić information content (AvgIpc) is 1.99. The van der Waals surface area contributed by atoms with Crippen molar-refractivity contribution < 1.29 is 4.79 Å². The Balaban J connectivity index is 2.64. The average molecular weight is 211 g/mol. The molecule has 1 saturated heterocycles. The number of rotatable bonds is 2. The predicted molar refractivity (Wildman–Crippen MR) is 63.6 cm³/mol. The first-order valence-corrected chi connectivity index (χ1v) is 6.13. The maximum Gasteiger partial charge on any atom is 0.223 e. The van der Waals surface area contributed by atoms with Crippen LogP contribution in [0, 0.1) is 11.8 Å². The summed E-state index contributed by atoms with van der Waals surface area (Å²) in [6, 6.07) is 0. The van der Waals surface area contributed by atoms with Gasteiger partial charge in [-0.25, -0.2) is 0 Å². The first kappa shape index (κ1) is 12.5. The molecule has 88 valence electrons. The molecule has 2 heteroatoms. The highest BCUT2D eigenvalue weighted by Crippen LogP contribution is 2.31. The Bertz CT molecular complexity index is 233. The second-order valence-electron chi connectivity index (χ2n) is 6.05. The predicted octanol–water partition coefficient (Wildman–Crippen LogP) is 3.07. The Morgan fingerprint density at radius 1 is 1.47 bits per heavy atom. The van der Waals surface area contributed by atoms with Gasteiger partial charge in [-0.2, -0.15) is 0 Å². The Kier molecular flexibility index (Phi) is 3.80. The third kappa shape index (κ3) is 3.22. The van der Waals surface area contributed by atoms with E-state index in [4.69, 9.17) is 0 Å². The van der Waals surface area contributed by atoms with E-state index in [1.54, 1.807) is 0 Å². The summed E-state index contributed by atoms with van der Waals surface area (Å²) >= 11 is 0. The van der Waals surface area contributed by atoms with Crippen LogP contribution in [-0.2, 0) is 4.79 Å². The van der Waals surface area contributed by atoms with E-state index in [0.29, 0.717) is 18.2 Å². The number of hydrogen-bond acceptors (Lipinski definition) is 1. The third-order valence-corrected chi connectivity index (χ3v) is 3.31. The molecule has 0 aromatic rings. The smallest absolute Gasteiger partial charge is 0.223 e. The van der Waals surface area contributed by atoms with Crippen LogP contribution in [0.1, 0.15) is 53.9 Å². The second kappa shape index (κ2) is 4.54. The number of piperidine rings is 1. The van der Waals surface area contributed by atoms with Crippen LogP contribution in [0.5, 0.6) is 0 Å². The maximum absolute atomic E-state index is 12.1. The molecule has 0 radical (unpaired) electrons. The molecule has 15 heavy (non-hydrogen) atoms. The van der Waals surface area contributed by atoms with Gasteiger partial charge in [0.25, 0.3) is 0 Å². The highest BCUT2D eigenvalue weighted by Gasteiger charge is 2.35. The summed E-state index contributed by atoms with van der Waals surface area (Å²) in [7, 11) is 0. The number of likely N-dealkylation sites (tertiary alicyclic amines) is 1. The zero-order valence-electron chi connectivity index (χ0n) is 10.8. The van der Waals surface area contributed by atoms with Gasteiger partial charge < -0.3 is 4.90 Å². The maximum atomic E-state index is 12.1. The lowest BCUT2D eigenvalue weighted by molar-refractivity contribution is -0.140. The highest BCUT2D eigenvalue weighted by atomic mass is 16.2. The number of nitrogens with zero attached hydrogens (tertiary/aromatic N) is 1. The lowest BCUT2D eigenvalue weighted by Gasteiger charge is -2.45. The largest absolute Gasteiger partial charge is 0.338 e. The summed E-state index contributed by atoms with van der Waals surface area (Å²) in [5.74, 6) is 1.55. The Morgan fingerprint density at radius 3 is 2.53 bits per heavy atom. The van der Waals surface area contributed by atoms with Gasteiger partial charge in [-0.3, -0.25) is 4.79 Å². The van der Waals surface area contributed by atoms with Crippen molar-refractivity contribution in [2.45, 2.75) is 59.4 Å². The van der Waals surface area contributed by atoms with Crippen LogP contribution in [-0.4, -0.2) is 22.9 Å². The Morgan fingerprint density at radius 2 is 2.07 bits per heavy atom. The van der Waals surface area contributed by atoms with Crippen molar-refractivity contribution in [2.75, 3.05) is 6.54 Å². The molecule has 0 aromatic heterocycles. The van der Waals surface area contributed by atoms with Gasteiger partial charge in [-0.15, -0.1) is 0 Å². The number of amides is 1. The van der Waals surface area contributed by atoms with Crippen molar-refractivity contribution in [3.05, 3.63) is 0 Å². The van der Waals surface area contributed by atoms with Crippen LogP contribution in [0.2, 0.25) is 0 Å². The first-order chi connectivity index (χ1) is 6.83. The number of carbonyl (C=O) groups excluding carboxylic acids is 1. The van der Waals surface area contributed by atoms with E-state index in [-0.39, 0.29) is 5.54 Å². The van der Waals surface area contributed by atoms with Gasteiger partial charge in [0.15, 0.2) is 0 Å². The number of carbonyl (C=O) groups is 1. The molecule has 0 saturated carbocycles. The van der Waals surface area contributed by atoms with Crippen molar-refractivity contribution in [2.24, 2.45) is 11.8 Å². The molecule has 1 rings (SSSR count). The molecule has 1 unspecified atom stereocenters. The molecular weight excluding hydrogens is 186 g/mol. The Hall–Kier alpha value is -0.530. The zero-order valence-corrected chi connectivity index (χ0v) is 10.8. The monoisotopic (exact) mass is 211 g/mol. The highest BCUT2D eigenvalue weighted by molar-refractivity contribution is 5.77. The van der Waals surface area contributed by atoms with Crippen molar-refractivity contribution in [3.63, 3.8) is 0 Å². The van der Waals surface area contributed by atoms with Crippen molar-refractivity contribution >= 4 is 5.91 Å². The van der Waals surface area contributed by atoms with Crippen LogP contribution in [0.3, 0.4) is 0 Å².